The molecule has 17 heavy (non-hydrogen) atoms. The van der Waals surface area contributed by atoms with Crippen molar-refractivity contribution in [3.05, 3.63) is 0 Å². The molecular weight excluding hydrogens is 218 g/mol. The number of rotatable bonds is 4. The van der Waals surface area contributed by atoms with Gasteiger partial charge < -0.3 is 10.1 Å². The number of methoxy groups -OCH3 is 1. The van der Waals surface area contributed by atoms with Crippen LogP contribution in [0.5, 0.6) is 0 Å². The molecule has 5 nitrogen and oxygen atoms in total. The van der Waals surface area contributed by atoms with Crippen molar-refractivity contribution in [1.29, 1.82) is 5.26 Å². The van der Waals surface area contributed by atoms with E-state index in [9.17, 15) is 4.79 Å². The van der Waals surface area contributed by atoms with Crippen molar-refractivity contribution in [1.82, 2.24) is 10.2 Å². The molecule has 2 aliphatic rings. The number of hydrogen-bond donors (Lipinski definition) is 1. The number of piperidine rings is 1. The molecule has 0 bridgehead atoms. The Hall–Kier alpha value is -1.12. The van der Waals surface area contributed by atoms with Gasteiger partial charge in [0.1, 0.15) is 0 Å². The number of ether oxygens (including phenoxy) is 1. The van der Waals surface area contributed by atoms with Gasteiger partial charge in [-0.2, -0.15) is 5.26 Å². The summed E-state index contributed by atoms with van der Waals surface area (Å²) in [7, 11) is 1.43. The van der Waals surface area contributed by atoms with Crippen LogP contribution < -0.4 is 5.32 Å². The summed E-state index contributed by atoms with van der Waals surface area (Å²) >= 11 is 0. The predicted molar refractivity (Wildman–Crippen MR) is 62.1 cm³/mol. The maximum absolute atomic E-state index is 11.6. The Labute approximate surface area is 102 Å². The molecular formula is C12H19N3O2. The largest absolute Gasteiger partial charge is 0.469 e. The number of nitrogens with one attached hydrogen (secondary N) is 1. The fourth-order valence-corrected chi connectivity index (χ4v) is 2.46. The summed E-state index contributed by atoms with van der Waals surface area (Å²) in [5, 5.41) is 12.3. The van der Waals surface area contributed by atoms with E-state index in [0.29, 0.717) is 25.2 Å². The van der Waals surface area contributed by atoms with Gasteiger partial charge in [-0.05, 0) is 19.3 Å². The Morgan fingerprint density at radius 1 is 1.47 bits per heavy atom. The summed E-state index contributed by atoms with van der Waals surface area (Å²) in [6.07, 6.45) is 3.29. The third kappa shape index (κ3) is 3.42. The second-order valence-corrected chi connectivity index (χ2v) is 4.95. The molecule has 2 fully saturated rings. The Morgan fingerprint density at radius 3 is 2.82 bits per heavy atom. The zero-order chi connectivity index (χ0) is 12.3. The molecule has 94 valence electrons. The van der Waals surface area contributed by atoms with Crippen LogP contribution in [0, 0.1) is 17.2 Å². The molecule has 0 spiro atoms. The Bertz CT molecular complexity index is 322. The zero-order valence-corrected chi connectivity index (χ0v) is 10.2. The summed E-state index contributed by atoms with van der Waals surface area (Å²) in [5.41, 5.74) is 0. The third-order valence-corrected chi connectivity index (χ3v) is 3.40. The van der Waals surface area contributed by atoms with E-state index in [4.69, 9.17) is 10.00 Å². The summed E-state index contributed by atoms with van der Waals surface area (Å²) in [5.74, 6) is -0.256. The summed E-state index contributed by atoms with van der Waals surface area (Å²) in [4.78, 5) is 13.6. The van der Waals surface area contributed by atoms with Crippen LogP contribution in [0.4, 0.5) is 0 Å². The van der Waals surface area contributed by atoms with E-state index in [2.05, 4.69) is 11.4 Å². The van der Waals surface area contributed by atoms with Crippen LogP contribution in [0.25, 0.3) is 0 Å². The van der Waals surface area contributed by atoms with E-state index in [-0.39, 0.29) is 11.9 Å². The number of nitriles is 1. The van der Waals surface area contributed by atoms with Crippen molar-refractivity contribution in [2.75, 3.05) is 26.7 Å². The molecule has 1 aliphatic carbocycles. The lowest BCUT2D eigenvalue weighted by Crippen LogP contribution is -2.51. The first-order valence-electron chi connectivity index (χ1n) is 6.16. The average molecular weight is 237 g/mol. The Balaban J connectivity index is 1.93. The minimum absolute atomic E-state index is 0.0988. The molecule has 2 atom stereocenters. The van der Waals surface area contributed by atoms with Gasteiger partial charge in [-0.1, -0.05) is 0 Å². The van der Waals surface area contributed by atoms with Crippen LogP contribution in [-0.2, 0) is 9.53 Å². The third-order valence-electron chi connectivity index (χ3n) is 3.40. The number of nitrogens with zero attached hydrogens (tertiary/aromatic N) is 2. The zero-order valence-electron chi connectivity index (χ0n) is 10.2. The van der Waals surface area contributed by atoms with Gasteiger partial charge in [0.2, 0.25) is 0 Å². The molecule has 1 heterocycles. The highest BCUT2D eigenvalue weighted by atomic mass is 16.5. The molecule has 0 aromatic rings. The second kappa shape index (κ2) is 5.48. The molecule has 5 heteroatoms. The second-order valence-electron chi connectivity index (χ2n) is 4.95. The van der Waals surface area contributed by atoms with Crippen molar-refractivity contribution < 1.29 is 9.53 Å². The van der Waals surface area contributed by atoms with Crippen LogP contribution in [0.1, 0.15) is 19.3 Å². The van der Waals surface area contributed by atoms with Gasteiger partial charge in [-0.25, -0.2) is 0 Å². The van der Waals surface area contributed by atoms with Gasteiger partial charge in [0.25, 0.3) is 0 Å². The standard InChI is InChI=1S/C12H19N3O2/c1-17-12(16)9-6-11(14-10-2-3-10)8-15(7-9)5-4-13/h9-11,14H,2-3,5-8H2,1H3. The molecule has 1 aliphatic heterocycles. The fraction of sp³-hybridized carbons (Fsp3) is 0.833. The lowest BCUT2D eigenvalue weighted by Gasteiger charge is -2.35. The maximum atomic E-state index is 11.6. The molecule has 1 saturated carbocycles. The van der Waals surface area contributed by atoms with Gasteiger partial charge >= 0.3 is 5.97 Å². The molecule has 2 rings (SSSR count). The molecule has 2 unspecified atom stereocenters. The van der Waals surface area contributed by atoms with Gasteiger partial charge in [0.15, 0.2) is 0 Å². The van der Waals surface area contributed by atoms with E-state index >= 15 is 0 Å². The Kier molecular flexibility index (Phi) is 3.97. The first-order chi connectivity index (χ1) is 8.22. The summed E-state index contributed by atoms with van der Waals surface area (Å²) in [6, 6.07) is 3.09. The normalized spacial score (nSPS) is 29.6. The molecule has 0 radical (unpaired) electrons. The molecule has 1 N–H and O–H groups in total. The summed E-state index contributed by atoms with van der Waals surface area (Å²) < 4.78 is 4.81. The van der Waals surface area contributed by atoms with Crippen molar-refractivity contribution in [3.8, 4) is 6.07 Å². The highest BCUT2D eigenvalue weighted by molar-refractivity contribution is 5.72. The van der Waals surface area contributed by atoms with Crippen LogP contribution >= 0.6 is 0 Å². The highest BCUT2D eigenvalue weighted by Crippen LogP contribution is 2.24. The highest BCUT2D eigenvalue weighted by Gasteiger charge is 2.34. The van der Waals surface area contributed by atoms with Crippen LogP contribution in [0.15, 0.2) is 0 Å². The minimum atomic E-state index is -0.157. The number of esters is 1. The van der Waals surface area contributed by atoms with Crippen molar-refractivity contribution in [2.45, 2.75) is 31.3 Å². The van der Waals surface area contributed by atoms with E-state index in [1.54, 1.807) is 0 Å². The topological polar surface area (TPSA) is 65.4 Å². The predicted octanol–water partition coefficient (Wildman–Crippen LogP) is 0.125. The van der Waals surface area contributed by atoms with Crippen molar-refractivity contribution >= 4 is 5.97 Å². The number of carbonyl (C=O) groups excluding carboxylic acids is 1. The lowest BCUT2D eigenvalue weighted by atomic mass is 9.94. The number of carbonyl (C=O) groups is 1. The van der Waals surface area contributed by atoms with E-state index in [1.165, 1.54) is 20.0 Å². The first kappa shape index (κ1) is 12.3. The van der Waals surface area contributed by atoms with Crippen LogP contribution in [0.2, 0.25) is 0 Å². The number of hydrogen-bond acceptors (Lipinski definition) is 5. The molecule has 1 saturated heterocycles. The Morgan fingerprint density at radius 2 is 2.24 bits per heavy atom. The van der Waals surface area contributed by atoms with Crippen LogP contribution in [-0.4, -0.2) is 49.7 Å². The SMILES string of the molecule is COC(=O)C1CC(NC2CC2)CN(CC#N)C1. The van der Waals surface area contributed by atoms with Crippen LogP contribution in [0.3, 0.4) is 0 Å². The van der Waals surface area contributed by atoms with E-state index in [0.717, 1.165) is 13.0 Å². The quantitative estimate of drug-likeness (QED) is 0.556. The lowest BCUT2D eigenvalue weighted by molar-refractivity contribution is -0.147. The maximum Gasteiger partial charge on any atom is 0.310 e. The van der Waals surface area contributed by atoms with Gasteiger partial charge in [0.05, 0.1) is 25.6 Å². The monoisotopic (exact) mass is 237 g/mol. The van der Waals surface area contributed by atoms with E-state index in [1.807, 2.05) is 4.90 Å². The molecule has 0 aromatic heterocycles. The van der Waals surface area contributed by atoms with Crippen molar-refractivity contribution in [3.63, 3.8) is 0 Å². The molecule has 0 amide bonds. The van der Waals surface area contributed by atoms with Crippen molar-refractivity contribution in [2.24, 2.45) is 5.92 Å². The summed E-state index contributed by atoms with van der Waals surface area (Å²) in [6.45, 7) is 1.89. The first-order valence-corrected chi connectivity index (χ1v) is 6.16. The minimum Gasteiger partial charge on any atom is -0.469 e. The fourth-order valence-electron chi connectivity index (χ4n) is 2.46. The van der Waals surface area contributed by atoms with Gasteiger partial charge in [-0.15, -0.1) is 0 Å². The van der Waals surface area contributed by atoms with Gasteiger partial charge in [0, 0.05) is 25.2 Å². The molecule has 0 aromatic carbocycles. The van der Waals surface area contributed by atoms with Gasteiger partial charge in [-0.3, -0.25) is 9.69 Å². The number of likely N-dealkylation sites (tertiary alicyclic amines) is 1. The van der Waals surface area contributed by atoms with E-state index < -0.39 is 0 Å². The smallest absolute Gasteiger partial charge is 0.310 e. The average Bonchev–Trinajstić information content (AvgIpc) is 3.12.